The van der Waals surface area contributed by atoms with E-state index in [4.69, 9.17) is 44.0 Å². The molecule has 0 radical (unpaired) electrons. The average molecular weight is 1920 g/mol. The molecule has 0 unspecified atom stereocenters. The molecule has 0 amide bonds. The summed E-state index contributed by atoms with van der Waals surface area (Å²) in [5.41, 5.74) is 49.3. The Hall–Kier alpha value is -15.6. The van der Waals surface area contributed by atoms with Crippen molar-refractivity contribution in [2.24, 2.45) is 39.0 Å². The minimum absolute atomic E-state index is 0.188. The first-order valence-electron chi connectivity index (χ1n) is 51.7. The van der Waals surface area contributed by atoms with Crippen molar-refractivity contribution in [3.63, 3.8) is 0 Å². The van der Waals surface area contributed by atoms with E-state index in [1.807, 2.05) is 48.5 Å². The molecule has 2 saturated carbocycles. The molecule has 12 aromatic carbocycles. The Balaban J connectivity index is 0.000000123. The van der Waals surface area contributed by atoms with Crippen molar-refractivity contribution in [2.75, 3.05) is 0 Å². The van der Waals surface area contributed by atoms with E-state index in [2.05, 4.69) is 386 Å². The molecule has 2 fully saturated rings. The molecule has 22 rings (SSSR count). The smallest absolute Gasteiger partial charge is 0.216 e. The lowest BCUT2D eigenvalue weighted by atomic mass is 9.85. The lowest BCUT2D eigenvalue weighted by molar-refractivity contribution is -0.667. The third kappa shape index (κ3) is 18.3. The van der Waals surface area contributed by atoms with Gasteiger partial charge in [0.25, 0.3) is 0 Å². The van der Waals surface area contributed by atoms with Crippen LogP contribution in [0.15, 0.2) is 248 Å². The Morgan fingerprint density at radius 2 is 0.562 bits per heavy atom. The zero-order chi connectivity index (χ0) is 103. The summed E-state index contributed by atoms with van der Waals surface area (Å²) in [5.74, 6) is 1.32. The largest absolute Gasteiger partial charge is 0.456 e. The number of aromatic nitrogens is 4. The van der Waals surface area contributed by atoms with Gasteiger partial charge in [0.2, 0.25) is 22.8 Å². The number of furan rings is 4. The highest BCUT2D eigenvalue weighted by Crippen LogP contribution is 2.52. The first-order valence-corrected chi connectivity index (χ1v) is 51.7. The molecule has 728 valence electrons. The van der Waals surface area contributed by atoms with Crippen molar-refractivity contribution in [1.82, 2.24) is 0 Å². The van der Waals surface area contributed by atoms with Crippen molar-refractivity contribution in [1.29, 1.82) is 0 Å². The zero-order valence-electron chi connectivity index (χ0n) is 89.4. The van der Waals surface area contributed by atoms with Crippen molar-refractivity contribution in [2.45, 2.75) is 215 Å². The van der Waals surface area contributed by atoms with Crippen LogP contribution in [-0.4, -0.2) is 0 Å². The Labute approximate surface area is 860 Å². The minimum atomic E-state index is 0.188. The van der Waals surface area contributed by atoms with Crippen LogP contribution in [0.3, 0.4) is 0 Å². The maximum Gasteiger partial charge on any atom is 0.216 e. The van der Waals surface area contributed by atoms with E-state index in [1.54, 1.807) is 0 Å². The maximum absolute atomic E-state index is 7.84. The van der Waals surface area contributed by atoms with Crippen LogP contribution >= 0.6 is 0 Å². The van der Waals surface area contributed by atoms with Crippen LogP contribution in [0.25, 0.3) is 197 Å². The fourth-order valence-electron chi connectivity index (χ4n) is 23.0. The zero-order valence-corrected chi connectivity index (χ0v) is 89.4. The predicted octanol–water partition coefficient (Wildman–Crippen LogP) is 36.0. The third-order valence-corrected chi connectivity index (χ3v) is 31.5. The third-order valence-electron chi connectivity index (χ3n) is 31.5. The van der Waals surface area contributed by atoms with Crippen LogP contribution in [0.2, 0.25) is 0 Å². The van der Waals surface area contributed by atoms with E-state index in [0.29, 0.717) is 34.6 Å². The standard InChI is InChI=1S/2C34H35N2O.2C33H31N2O/c1-20-10-13-24(14-11-20)31-28(35-8)17-16-27-26-15-12-21(2)30(32(26)37-33(27)31)29-18-25(19-34(5,6)7)22(3)23(4)36(29)9;1-20-10-13-24(14-11-20)31-28(35-8)17-16-26-25-15-12-21(2)30(32(25)37-33(26)31)29-18-22(3)27(19-34(5,6)7)23(4)36(29)9;1-20-10-13-24(14-11-20)31-28(34-4)18-16-27-26-15-12-21(2)30(32(26)36-33(27)31)29-19-17-25(22(3)35(29)5)23-8-6-7-9-23;1-20-10-13-24(14-11-20)31-28(34-4)17-16-27-26-15-12-21(2)30(32(26)36-33(27)31)29-19-25(18-22(3)35(29)5)23-8-6-7-9-23/h2*10-18H,19H2,1-7,9H3;2*10-19,23H,6-9H2,1-3,5H3/q4*+1. The van der Waals surface area contributed by atoms with Gasteiger partial charge in [0.1, 0.15) is 72.9 Å². The van der Waals surface area contributed by atoms with Gasteiger partial charge in [-0.25, -0.2) is 19.4 Å². The SMILES string of the molecule is [C-]#[N+]c1ccc2c(oc3c(-c4cc(C)c(CC(C)(C)C)c(C)[n+]4C)c(C)ccc32)c1-c1ccc(C)cc1.[C-]#[N+]c1ccc2c(oc3c(-c4cc(C5CCCC5)cc(C)[n+]4C)c(C)ccc32)c1-c1ccc(C)cc1.[C-]#[N+]c1ccc2c(oc3c(-c4cc(CC(C)(C)C)c(C)c(C)[n+]4C)c(C)ccc32)c1-c1ccc(C)cc1.[C-]#[N+]c1ccc2c(oc3c(-c4ccc(C5CCCC5)c(C)[n+]4C)c(C)ccc32)c1-c1ccc(C)cc1. The molecule has 0 atom stereocenters. The Kier molecular flexibility index (Phi) is 26.8. The Morgan fingerprint density at radius 1 is 0.274 bits per heavy atom. The Morgan fingerprint density at radius 3 is 0.890 bits per heavy atom. The quantitative estimate of drug-likeness (QED) is 0.0901. The van der Waals surface area contributed by atoms with Crippen LogP contribution in [-0.2, 0) is 41.0 Å². The van der Waals surface area contributed by atoms with Gasteiger partial charge in [0.05, 0.1) is 48.5 Å². The highest BCUT2D eigenvalue weighted by atomic mass is 16.3. The van der Waals surface area contributed by atoms with E-state index in [1.165, 1.54) is 163 Å². The number of fused-ring (bicyclic) bond motifs is 12. The number of hydrogen-bond acceptors (Lipinski definition) is 4. The van der Waals surface area contributed by atoms with E-state index in [0.717, 1.165) is 179 Å². The van der Waals surface area contributed by atoms with Gasteiger partial charge in [-0.2, -0.15) is 18.3 Å². The second kappa shape index (κ2) is 39.5. The lowest BCUT2D eigenvalue weighted by Gasteiger charge is -2.21. The summed E-state index contributed by atoms with van der Waals surface area (Å²) in [6, 6.07) is 80.8. The topological polar surface area (TPSA) is 85.5 Å². The number of pyridine rings is 4. The van der Waals surface area contributed by atoms with Gasteiger partial charge in [-0.1, -0.05) is 284 Å². The van der Waals surface area contributed by atoms with Crippen LogP contribution in [0.1, 0.15) is 205 Å². The van der Waals surface area contributed by atoms with Crippen molar-refractivity contribution < 1.29 is 35.9 Å². The number of nitrogens with zero attached hydrogens (tertiary/aromatic N) is 8. The summed E-state index contributed by atoms with van der Waals surface area (Å²) in [6.07, 6.45) is 12.5. The fraction of sp³-hybridized carbons (Fsp3) is 0.284. The normalized spacial score (nSPS) is 13.0. The molecule has 146 heavy (non-hydrogen) atoms. The van der Waals surface area contributed by atoms with Gasteiger partial charge in [-0.15, -0.1) is 0 Å². The number of hydrogen-bond donors (Lipinski definition) is 0. The van der Waals surface area contributed by atoms with Crippen molar-refractivity contribution in [3.8, 4) is 89.5 Å². The van der Waals surface area contributed by atoms with Crippen LogP contribution in [0, 0.1) is 134 Å². The summed E-state index contributed by atoms with van der Waals surface area (Å²) in [5, 5.41) is 8.54. The first-order chi connectivity index (χ1) is 69.9. The van der Waals surface area contributed by atoms with Gasteiger partial charge in [-0.05, 0) is 198 Å². The predicted molar refractivity (Wildman–Crippen MR) is 603 cm³/mol. The maximum atomic E-state index is 7.84. The Bertz CT molecular complexity index is 8860. The molecule has 12 heteroatoms. The highest BCUT2D eigenvalue weighted by Gasteiger charge is 2.35. The number of benzene rings is 12. The van der Waals surface area contributed by atoms with Crippen LogP contribution in [0.5, 0.6) is 0 Å². The molecule has 8 heterocycles. The first kappa shape index (κ1) is 99.1. The van der Waals surface area contributed by atoms with Gasteiger partial charge >= 0.3 is 0 Å². The van der Waals surface area contributed by atoms with E-state index in [-0.39, 0.29) is 10.8 Å². The highest BCUT2D eigenvalue weighted by molar-refractivity contribution is 6.19. The number of aryl methyl sites for hydroxylation is 10. The van der Waals surface area contributed by atoms with Gasteiger partial charge < -0.3 is 17.7 Å². The molecule has 12 nitrogen and oxygen atoms in total. The van der Waals surface area contributed by atoms with Crippen LogP contribution < -0.4 is 18.3 Å². The van der Waals surface area contributed by atoms with E-state index < -0.39 is 0 Å². The molecular weight excluding hydrogens is 1790 g/mol. The molecular formula is C134H132N8O4+4. The molecule has 0 bridgehead atoms. The van der Waals surface area contributed by atoms with Crippen molar-refractivity contribution >= 4 is 111 Å². The van der Waals surface area contributed by atoms with Gasteiger partial charge in [0.15, 0.2) is 45.5 Å². The lowest BCUT2D eigenvalue weighted by Crippen LogP contribution is -2.37. The van der Waals surface area contributed by atoms with Crippen molar-refractivity contribution in [3.05, 3.63) is 377 Å². The summed E-state index contributed by atoms with van der Waals surface area (Å²) >= 11 is 0. The molecule has 0 saturated heterocycles. The summed E-state index contributed by atoms with van der Waals surface area (Å²) in [4.78, 5) is 15.4. The average Bonchev–Trinajstić information content (AvgIpc) is 1.73. The summed E-state index contributed by atoms with van der Waals surface area (Å²) < 4.78 is 36.3. The monoisotopic (exact) mass is 1920 g/mol. The summed E-state index contributed by atoms with van der Waals surface area (Å²) in [7, 11) is 8.64. The second-order valence-corrected chi connectivity index (χ2v) is 44.0. The fourth-order valence-corrected chi connectivity index (χ4v) is 23.0. The molecule has 0 spiro atoms. The minimum Gasteiger partial charge on any atom is -0.456 e. The van der Waals surface area contributed by atoms with Gasteiger partial charge in [-0.3, -0.25) is 0 Å². The molecule has 0 aliphatic heterocycles. The molecule has 2 aliphatic carbocycles. The van der Waals surface area contributed by atoms with E-state index in [9.17, 15) is 0 Å². The van der Waals surface area contributed by atoms with Gasteiger partial charge in [0, 0.05) is 140 Å². The molecule has 2 aliphatic rings. The molecule has 0 N–H and O–H groups in total. The molecule has 20 aromatic rings. The van der Waals surface area contributed by atoms with E-state index >= 15 is 0 Å². The number of rotatable bonds is 12. The van der Waals surface area contributed by atoms with Crippen LogP contribution in [0.4, 0.5) is 22.7 Å². The second-order valence-electron chi connectivity index (χ2n) is 44.0. The summed E-state index contributed by atoms with van der Waals surface area (Å²) in [6.45, 7) is 75.4. The molecule has 8 aromatic heterocycles.